The third kappa shape index (κ3) is 5.85. The molecule has 0 rings (SSSR count). The standard InChI is InChI=1S/C10H17F3N2O3/c1-6(2)7(3-14)9(18)15(4-8(16)17)5-10(11,12)13/h6-7H,3-5,14H2,1-2H3,(H,16,17). The highest BCUT2D eigenvalue weighted by Crippen LogP contribution is 2.20. The summed E-state index contributed by atoms with van der Waals surface area (Å²) >= 11 is 0. The van der Waals surface area contributed by atoms with Gasteiger partial charge >= 0.3 is 12.1 Å². The zero-order valence-electron chi connectivity index (χ0n) is 10.2. The van der Waals surface area contributed by atoms with Crippen LogP contribution in [0.3, 0.4) is 0 Å². The summed E-state index contributed by atoms with van der Waals surface area (Å²) in [6, 6.07) is 0. The Labute approximate surface area is 103 Å². The molecule has 0 spiro atoms. The van der Waals surface area contributed by atoms with Crippen LogP contribution in [0.1, 0.15) is 13.8 Å². The summed E-state index contributed by atoms with van der Waals surface area (Å²) < 4.78 is 36.8. The second-order valence-electron chi connectivity index (χ2n) is 4.29. The smallest absolute Gasteiger partial charge is 0.406 e. The molecular weight excluding hydrogens is 253 g/mol. The van der Waals surface area contributed by atoms with E-state index in [-0.39, 0.29) is 17.4 Å². The Balaban J connectivity index is 4.94. The fourth-order valence-corrected chi connectivity index (χ4v) is 1.48. The molecule has 1 amide bonds. The maximum absolute atomic E-state index is 12.3. The molecule has 1 atom stereocenters. The van der Waals surface area contributed by atoms with Crippen molar-refractivity contribution in [1.82, 2.24) is 4.90 Å². The molecule has 106 valence electrons. The highest BCUT2D eigenvalue weighted by molar-refractivity contribution is 5.83. The summed E-state index contributed by atoms with van der Waals surface area (Å²) in [6.45, 7) is 0.595. The van der Waals surface area contributed by atoms with Gasteiger partial charge in [0.1, 0.15) is 13.1 Å². The first-order valence-electron chi connectivity index (χ1n) is 5.36. The number of hydrogen-bond donors (Lipinski definition) is 2. The van der Waals surface area contributed by atoms with Crippen LogP contribution in [0, 0.1) is 11.8 Å². The van der Waals surface area contributed by atoms with Crippen molar-refractivity contribution in [3.63, 3.8) is 0 Å². The van der Waals surface area contributed by atoms with Gasteiger partial charge in [-0.05, 0) is 5.92 Å². The van der Waals surface area contributed by atoms with Crippen LogP contribution in [0.5, 0.6) is 0 Å². The molecule has 0 saturated heterocycles. The lowest BCUT2D eigenvalue weighted by Crippen LogP contribution is -2.47. The minimum Gasteiger partial charge on any atom is -0.480 e. The summed E-state index contributed by atoms with van der Waals surface area (Å²) in [5, 5.41) is 8.53. The van der Waals surface area contributed by atoms with Gasteiger partial charge in [0.15, 0.2) is 0 Å². The Morgan fingerprint density at radius 3 is 2.11 bits per heavy atom. The van der Waals surface area contributed by atoms with Gasteiger partial charge in [-0.2, -0.15) is 13.2 Å². The predicted octanol–water partition coefficient (Wildman–Crippen LogP) is 0.693. The minimum absolute atomic E-state index is 0.121. The molecule has 8 heteroatoms. The van der Waals surface area contributed by atoms with Gasteiger partial charge in [0.25, 0.3) is 0 Å². The molecule has 0 fully saturated rings. The van der Waals surface area contributed by atoms with Crippen LogP contribution < -0.4 is 5.73 Å². The third-order valence-corrected chi connectivity index (χ3v) is 2.38. The van der Waals surface area contributed by atoms with Crippen molar-refractivity contribution in [2.75, 3.05) is 19.6 Å². The molecule has 0 heterocycles. The zero-order chi connectivity index (χ0) is 14.5. The molecule has 0 saturated carbocycles. The van der Waals surface area contributed by atoms with Gasteiger partial charge < -0.3 is 15.7 Å². The van der Waals surface area contributed by atoms with Gasteiger partial charge in [-0.25, -0.2) is 0 Å². The second kappa shape index (κ2) is 6.58. The van der Waals surface area contributed by atoms with E-state index in [9.17, 15) is 22.8 Å². The van der Waals surface area contributed by atoms with Gasteiger partial charge in [-0.15, -0.1) is 0 Å². The number of nitrogens with zero attached hydrogens (tertiary/aromatic N) is 1. The fraction of sp³-hybridized carbons (Fsp3) is 0.800. The maximum atomic E-state index is 12.3. The number of nitrogens with two attached hydrogens (primary N) is 1. The third-order valence-electron chi connectivity index (χ3n) is 2.38. The maximum Gasteiger partial charge on any atom is 0.406 e. The topological polar surface area (TPSA) is 83.6 Å². The van der Waals surface area contributed by atoms with E-state index in [1.807, 2.05) is 0 Å². The van der Waals surface area contributed by atoms with E-state index in [2.05, 4.69) is 0 Å². The van der Waals surface area contributed by atoms with Gasteiger partial charge in [0, 0.05) is 6.54 Å². The SMILES string of the molecule is CC(C)C(CN)C(=O)N(CC(=O)O)CC(F)(F)F. The van der Waals surface area contributed by atoms with Crippen molar-refractivity contribution in [2.45, 2.75) is 20.0 Å². The van der Waals surface area contributed by atoms with Crippen molar-refractivity contribution < 1.29 is 27.9 Å². The molecule has 0 radical (unpaired) electrons. The summed E-state index contributed by atoms with van der Waals surface area (Å²) in [4.78, 5) is 22.6. The Bertz CT molecular complexity index is 305. The Kier molecular flexibility index (Phi) is 6.10. The fourth-order valence-electron chi connectivity index (χ4n) is 1.48. The number of alkyl halides is 3. The van der Waals surface area contributed by atoms with Crippen molar-refractivity contribution >= 4 is 11.9 Å². The lowest BCUT2D eigenvalue weighted by molar-refractivity contribution is -0.168. The van der Waals surface area contributed by atoms with E-state index >= 15 is 0 Å². The molecule has 5 nitrogen and oxygen atoms in total. The Hall–Kier alpha value is -1.31. The first-order valence-corrected chi connectivity index (χ1v) is 5.36. The van der Waals surface area contributed by atoms with Crippen LogP contribution in [0.4, 0.5) is 13.2 Å². The number of amides is 1. The van der Waals surface area contributed by atoms with Gasteiger partial charge in [0.05, 0.1) is 5.92 Å². The van der Waals surface area contributed by atoms with Gasteiger partial charge in [-0.3, -0.25) is 9.59 Å². The highest BCUT2D eigenvalue weighted by atomic mass is 19.4. The molecule has 0 aliphatic rings. The quantitative estimate of drug-likeness (QED) is 0.744. The Morgan fingerprint density at radius 1 is 1.33 bits per heavy atom. The summed E-state index contributed by atoms with van der Waals surface area (Å²) in [5.74, 6) is -3.45. The van der Waals surface area contributed by atoms with Crippen LogP contribution in [-0.4, -0.2) is 47.7 Å². The number of halogens is 3. The van der Waals surface area contributed by atoms with Crippen LogP contribution in [0.15, 0.2) is 0 Å². The summed E-state index contributed by atoms with van der Waals surface area (Å²) in [7, 11) is 0. The number of carboxylic acid groups (broad SMARTS) is 1. The molecule has 3 N–H and O–H groups in total. The van der Waals surface area contributed by atoms with E-state index in [4.69, 9.17) is 10.8 Å². The normalized spacial score (nSPS) is 13.5. The van der Waals surface area contributed by atoms with Crippen molar-refractivity contribution in [3.05, 3.63) is 0 Å². The van der Waals surface area contributed by atoms with Crippen molar-refractivity contribution in [1.29, 1.82) is 0 Å². The van der Waals surface area contributed by atoms with E-state index in [1.54, 1.807) is 13.8 Å². The van der Waals surface area contributed by atoms with Crippen LogP contribution >= 0.6 is 0 Å². The lowest BCUT2D eigenvalue weighted by atomic mass is 9.94. The monoisotopic (exact) mass is 270 g/mol. The van der Waals surface area contributed by atoms with E-state index < -0.39 is 37.1 Å². The summed E-state index contributed by atoms with van der Waals surface area (Å²) in [5.41, 5.74) is 5.33. The molecule has 0 aliphatic heterocycles. The molecule has 0 aromatic heterocycles. The number of hydrogen-bond acceptors (Lipinski definition) is 3. The Morgan fingerprint density at radius 2 is 1.83 bits per heavy atom. The van der Waals surface area contributed by atoms with E-state index in [0.717, 1.165) is 0 Å². The van der Waals surface area contributed by atoms with E-state index in [0.29, 0.717) is 0 Å². The summed E-state index contributed by atoms with van der Waals surface area (Å²) in [6.07, 6.45) is -4.64. The molecule has 1 unspecified atom stereocenters. The first-order chi connectivity index (χ1) is 8.08. The molecule has 0 aromatic rings. The highest BCUT2D eigenvalue weighted by Gasteiger charge is 2.36. The molecule has 0 aromatic carbocycles. The zero-order valence-corrected chi connectivity index (χ0v) is 10.2. The number of rotatable bonds is 6. The first kappa shape index (κ1) is 16.7. The molecular formula is C10H17F3N2O3. The lowest BCUT2D eigenvalue weighted by Gasteiger charge is -2.28. The molecule has 0 bridgehead atoms. The largest absolute Gasteiger partial charge is 0.480 e. The van der Waals surface area contributed by atoms with Gasteiger partial charge in [0.2, 0.25) is 5.91 Å². The molecule has 0 aliphatic carbocycles. The average molecular weight is 270 g/mol. The average Bonchev–Trinajstić information content (AvgIpc) is 2.13. The van der Waals surface area contributed by atoms with Crippen LogP contribution in [0.25, 0.3) is 0 Å². The van der Waals surface area contributed by atoms with Crippen molar-refractivity contribution in [3.8, 4) is 0 Å². The van der Waals surface area contributed by atoms with E-state index in [1.165, 1.54) is 0 Å². The van der Waals surface area contributed by atoms with Crippen LogP contribution in [-0.2, 0) is 9.59 Å². The number of carbonyl (C=O) groups is 2. The second-order valence-corrected chi connectivity index (χ2v) is 4.29. The van der Waals surface area contributed by atoms with Crippen LogP contribution in [0.2, 0.25) is 0 Å². The van der Waals surface area contributed by atoms with Gasteiger partial charge in [-0.1, -0.05) is 13.8 Å². The number of carbonyl (C=O) groups excluding carboxylic acids is 1. The predicted molar refractivity (Wildman–Crippen MR) is 57.7 cm³/mol. The number of carboxylic acids is 1. The minimum atomic E-state index is -4.64. The molecule has 18 heavy (non-hydrogen) atoms. The van der Waals surface area contributed by atoms with Crippen molar-refractivity contribution in [2.24, 2.45) is 17.6 Å². The number of aliphatic carboxylic acids is 1.